The SMILES string of the molecule is CCCNC(=O)[C@@H](CC)N(CCc1ccccc1)C(=O)Cc1ccccc1[N+](=O)[O-]. The van der Waals surface area contributed by atoms with Crippen molar-refractivity contribution in [1.82, 2.24) is 10.2 Å². The third kappa shape index (κ3) is 6.40. The maximum absolute atomic E-state index is 13.2. The molecule has 7 nitrogen and oxygen atoms in total. The van der Waals surface area contributed by atoms with Crippen molar-refractivity contribution in [3.8, 4) is 0 Å². The van der Waals surface area contributed by atoms with Crippen molar-refractivity contribution in [3.63, 3.8) is 0 Å². The van der Waals surface area contributed by atoms with Gasteiger partial charge in [-0.3, -0.25) is 19.7 Å². The van der Waals surface area contributed by atoms with Crippen LogP contribution in [0.1, 0.15) is 37.8 Å². The number of hydrogen-bond acceptors (Lipinski definition) is 4. The third-order valence-corrected chi connectivity index (χ3v) is 4.95. The van der Waals surface area contributed by atoms with Gasteiger partial charge in [0.05, 0.1) is 11.3 Å². The summed E-state index contributed by atoms with van der Waals surface area (Å²) in [5.74, 6) is -0.484. The highest BCUT2D eigenvalue weighted by molar-refractivity contribution is 5.88. The van der Waals surface area contributed by atoms with Crippen LogP contribution in [0.3, 0.4) is 0 Å². The summed E-state index contributed by atoms with van der Waals surface area (Å²) in [6.07, 6.45) is 1.74. The van der Waals surface area contributed by atoms with Gasteiger partial charge in [0.1, 0.15) is 6.04 Å². The van der Waals surface area contributed by atoms with E-state index in [9.17, 15) is 19.7 Å². The Morgan fingerprint density at radius 2 is 1.73 bits per heavy atom. The lowest BCUT2D eigenvalue weighted by Gasteiger charge is -2.30. The van der Waals surface area contributed by atoms with E-state index in [4.69, 9.17) is 0 Å². The molecule has 2 amide bonds. The smallest absolute Gasteiger partial charge is 0.273 e. The van der Waals surface area contributed by atoms with E-state index in [1.807, 2.05) is 44.2 Å². The van der Waals surface area contributed by atoms with Crippen molar-refractivity contribution >= 4 is 17.5 Å². The molecule has 30 heavy (non-hydrogen) atoms. The van der Waals surface area contributed by atoms with Crippen LogP contribution in [-0.2, 0) is 22.4 Å². The molecule has 0 aliphatic rings. The van der Waals surface area contributed by atoms with Gasteiger partial charge in [-0.05, 0) is 24.8 Å². The molecule has 2 aromatic rings. The first-order valence-corrected chi connectivity index (χ1v) is 10.3. The summed E-state index contributed by atoms with van der Waals surface area (Å²) in [4.78, 5) is 38.3. The predicted octanol–water partition coefficient (Wildman–Crippen LogP) is 3.51. The molecule has 1 N–H and O–H groups in total. The fourth-order valence-corrected chi connectivity index (χ4v) is 3.36. The van der Waals surface area contributed by atoms with Crippen molar-refractivity contribution < 1.29 is 14.5 Å². The summed E-state index contributed by atoms with van der Waals surface area (Å²) >= 11 is 0. The maximum Gasteiger partial charge on any atom is 0.273 e. The van der Waals surface area contributed by atoms with E-state index in [-0.39, 0.29) is 23.9 Å². The Bertz CT molecular complexity index is 855. The summed E-state index contributed by atoms with van der Waals surface area (Å²) in [5.41, 5.74) is 1.32. The van der Waals surface area contributed by atoms with E-state index in [1.54, 1.807) is 23.1 Å². The fourth-order valence-electron chi connectivity index (χ4n) is 3.36. The number of rotatable bonds is 11. The first kappa shape index (κ1) is 23.1. The lowest BCUT2D eigenvalue weighted by molar-refractivity contribution is -0.385. The van der Waals surface area contributed by atoms with Crippen LogP contribution in [0.4, 0.5) is 5.69 Å². The van der Waals surface area contributed by atoms with E-state index in [0.717, 1.165) is 12.0 Å². The molecule has 0 fully saturated rings. The Kier molecular flexibility index (Phi) is 9.00. The molecule has 0 unspecified atom stereocenters. The summed E-state index contributed by atoms with van der Waals surface area (Å²) < 4.78 is 0. The minimum Gasteiger partial charge on any atom is -0.354 e. The maximum atomic E-state index is 13.2. The van der Waals surface area contributed by atoms with Crippen LogP contribution in [0.5, 0.6) is 0 Å². The van der Waals surface area contributed by atoms with Gasteiger partial charge in [0, 0.05) is 24.7 Å². The van der Waals surface area contributed by atoms with Gasteiger partial charge in [-0.15, -0.1) is 0 Å². The Morgan fingerprint density at radius 3 is 2.37 bits per heavy atom. The molecule has 2 aromatic carbocycles. The van der Waals surface area contributed by atoms with Gasteiger partial charge in [0.15, 0.2) is 0 Å². The quantitative estimate of drug-likeness (QED) is 0.452. The number of para-hydroxylation sites is 1. The number of carbonyl (C=O) groups excluding carboxylic acids is 2. The minimum atomic E-state index is -0.615. The Morgan fingerprint density at radius 1 is 1.07 bits per heavy atom. The Labute approximate surface area is 177 Å². The average Bonchev–Trinajstić information content (AvgIpc) is 2.75. The molecule has 0 spiro atoms. The van der Waals surface area contributed by atoms with Gasteiger partial charge in [0.25, 0.3) is 5.69 Å². The topological polar surface area (TPSA) is 92.6 Å². The van der Waals surface area contributed by atoms with Crippen LogP contribution in [0.15, 0.2) is 54.6 Å². The lowest BCUT2D eigenvalue weighted by Crippen LogP contribution is -2.50. The molecule has 2 rings (SSSR count). The summed E-state index contributed by atoms with van der Waals surface area (Å²) in [6, 6.07) is 15.3. The van der Waals surface area contributed by atoms with Gasteiger partial charge < -0.3 is 10.2 Å². The summed E-state index contributed by atoms with van der Waals surface area (Å²) in [5, 5.41) is 14.2. The molecule has 160 valence electrons. The van der Waals surface area contributed by atoms with Gasteiger partial charge in [0.2, 0.25) is 11.8 Å². The molecule has 0 bridgehead atoms. The van der Waals surface area contributed by atoms with E-state index in [2.05, 4.69) is 5.32 Å². The largest absolute Gasteiger partial charge is 0.354 e. The second kappa shape index (κ2) is 11.7. The van der Waals surface area contributed by atoms with E-state index in [1.165, 1.54) is 6.07 Å². The highest BCUT2D eigenvalue weighted by Crippen LogP contribution is 2.20. The predicted molar refractivity (Wildman–Crippen MR) is 116 cm³/mol. The van der Waals surface area contributed by atoms with Crippen molar-refractivity contribution in [2.75, 3.05) is 13.1 Å². The summed E-state index contributed by atoms with van der Waals surface area (Å²) in [7, 11) is 0. The van der Waals surface area contributed by atoms with Crippen LogP contribution < -0.4 is 5.32 Å². The van der Waals surface area contributed by atoms with Crippen molar-refractivity contribution in [2.45, 2.75) is 45.6 Å². The molecule has 0 radical (unpaired) electrons. The van der Waals surface area contributed by atoms with Crippen LogP contribution in [-0.4, -0.2) is 40.8 Å². The number of nitro groups is 1. The fraction of sp³-hybridized carbons (Fsp3) is 0.391. The number of nitrogens with zero attached hydrogens (tertiary/aromatic N) is 2. The van der Waals surface area contributed by atoms with Crippen LogP contribution >= 0.6 is 0 Å². The average molecular weight is 412 g/mol. The van der Waals surface area contributed by atoms with Crippen LogP contribution in [0.2, 0.25) is 0 Å². The molecule has 7 heteroatoms. The minimum absolute atomic E-state index is 0.0858. The monoisotopic (exact) mass is 411 g/mol. The number of benzene rings is 2. The normalized spacial score (nSPS) is 11.5. The van der Waals surface area contributed by atoms with E-state index < -0.39 is 11.0 Å². The molecule has 0 aliphatic carbocycles. The van der Waals surface area contributed by atoms with Gasteiger partial charge in [-0.2, -0.15) is 0 Å². The van der Waals surface area contributed by atoms with Gasteiger partial charge in [-0.1, -0.05) is 62.4 Å². The van der Waals surface area contributed by atoms with Gasteiger partial charge in [-0.25, -0.2) is 0 Å². The molecule has 0 saturated carbocycles. The summed E-state index contributed by atoms with van der Waals surface area (Å²) in [6.45, 7) is 4.74. The zero-order chi connectivity index (χ0) is 21.9. The van der Waals surface area contributed by atoms with Crippen LogP contribution in [0.25, 0.3) is 0 Å². The standard InChI is InChI=1S/C23H29N3O4/c1-3-15-24-23(28)20(4-2)25(16-14-18-10-6-5-7-11-18)22(27)17-19-12-8-9-13-21(19)26(29)30/h5-13,20H,3-4,14-17H2,1-2H3,(H,24,28)/t20-/m1/s1. The number of nitro benzene ring substituents is 1. The molecule has 0 saturated heterocycles. The van der Waals surface area contributed by atoms with E-state index in [0.29, 0.717) is 31.5 Å². The zero-order valence-corrected chi connectivity index (χ0v) is 17.5. The van der Waals surface area contributed by atoms with Crippen LogP contribution in [0, 0.1) is 10.1 Å². The Hall–Kier alpha value is -3.22. The molecule has 0 aromatic heterocycles. The van der Waals surface area contributed by atoms with Gasteiger partial charge >= 0.3 is 0 Å². The molecular weight excluding hydrogens is 382 g/mol. The highest BCUT2D eigenvalue weighted by Gasteiger charge is 2.29. The molecule has 0 heterocycles. The third-order valence-electron chi connectivity index (χ3n) is 4.95. The number of carbonyl (C=O) groups is 2. The molecular formula is C23H29N3O4. The highest BCUT2D eigenvalue weighted by atomic mass is 16.6. The number of hydrogen-bond donors (Lipinski definition) is 1. The van der Waals surface area contributed by atoms with Crippen molar-refractivity contribution in [3.05, 3.63) is 75.8 Å². The second-order valence-electron chi connectivity index (χ2n) is 7.10. The lowest BCUT2D eigenvalue weighted by atomic mass is 10.1. The van der Waals surface area contributed by atoms with Crippen molar-refractivity contribution in [1.29, 1.82) is 0 Å². The van der Waals surface area contributed by atoms with Crippen molar-refractivity contribution in [2.24, 2.45) is 0 Å². The second-order valence-corrected chi connectivity index (χ2v) is 7.10. The Balaban J connectivity index is 2.25. The number of amides is 2. The first-order valence-electron chi connectivity index (χ1n) is 10.3. The number of nitrogens with one attached hydrogen (secondary N) is 1. The molecule has 0 aliphatic heterocycles. The zero-order valence-electron chi connectivity index (χ0n) is 17.5. The van der Waals surface area contributed by atoms with E-state index >= 15 is 0 Å². The molecule has 1 atom stereocenters. The first-order chi connectivity index (χ1) is 14.5.